The standard InChI is InChI=1S/C21H18N2O5/c1-4-12-10-21(20(25)27-3)11-17-16(9-13(18(21)28-12)19(24)26-2)22-14-7-5-6-8-15(14)23-17/h5-8H,1,9-11H2,2-3H3. The Morgan fingerprint density at radius 3 is 2.39 bits per heavy atom. The Kier molecular flexibility index (Phi) is 4.24. The van der Waals surface area contributed by atoms with E-state index in [2.05, 4.69) is 17.3 Å². The Morgan fingerprint density at radius 1 is 1.11 bits per heavy atom. The lowest BCUT2D eigenvalue weighted by molar-refractivity contribution is -0.150. The van der Waals surface area contributed by atoms with Gasteiger partial charge in [-0.2, -0.15) is 0 Å². The highest BCUT2D eigenvalue weighted by molar-refractivity contribution is 5.93. The van der Waals surface area contributed by atoms with Crippen molar-refractivity contribution in [3.63, 3.8) is 0 Å². The average molecular weight is 378 g/mol. The van der Waals surface area contributed by atoms with Gasteiger partial charge in [-0.15, -0.1) is 0 Å². The van der Waals surface area contributed by atoms with E-state index in [4.69, 9.17) is 19.2 Å². The lowest BCUT2D eigenvalue weighted by Gasteiger charge is -2.24. The second kappa shape index (κ2) is 6.62. The van der Waals surface area contributed by atoms with Crippen molar-refractivity contribution in [2.24, 2.45) is 5.41 Å². The highest BCUT2D eigenvalue weighted by Crippen LogP contribution is 2.50. The molecule has 4 rings (SSSR count). The number of aromatic nitrogens is 2. The van der Waals surface area contributed by atoms with Crippen LogP contribution in [0.5, 0.6) is 0 Å². The Balaban J connectivity index is 2.01. The molecule has 1 unspecified atom stereocenters. The van der Waals surface area contributed by atoms with E-state index in [0.717, 1.165) is 0 Å². The molecule has 0 bridgehead atoms. The van der Waals surface area contributed by atoms with E-state index in [0.29, 0.717) is 28.2 Å². The third-order valence-electron chi connectivity index (χ3n) is 5.14. The van der Waals surface area contributed by atoms with Gasteiger partial charge in [0.2, 0.25) is 0 Å². The number of para-hydroxylation sites is 2. The van der Waals surface area contributed by atoms with Crippen LogP contribution in [0.3, 0.4) is 0 Å². The molecule has 1 saturated heterocycles. The number of benzene rings is 1. The van der Waals surface area contributed by atoms with E-state index in [1.807, 2.05) is 24.3 Å². The van der Waals surface area contributed by atoms with Gasteiger partial charge in [0.1, 0.15) is 16.9 Å². The fourth-order valence-electron chi connectivity index (χ4n) is 3.81. The minimum Gasteiger partial charge on any atom is -0.468 e. The lowest BCUT2D eigenvalue weighted by atomic mass is 9.78. The molecule has 1 aliphatic heterocycles. The number of nitrogens with zero attached hydrogens (tertiary/aromatic N) is 2. The number of hydrogen-bond donors (Lipinski definition) is 0. The predicted octanol–water partition coefficient (Wildman–Crippen LogP) is 2.40. The quantitative estimate of drug-likeness (QED) is 0.586. The van der Waals surface area contributed by atoms with Crippen LogP contribution in [0.25, 0.3) is 11.0 Å². The van der Waals surface area contributed by atoms with Gasteiger partial charge in [0, 0.05) is 19.3 Å². The van der Waals surface area contributed by atoms with Crippen molar-refractivity contribution in [1.29, 1.82) is 0 Å². The minimum atomic E-state index is -1.24. The van der Waals surface area contributed by atoms with Gasteiger partial charge in [-0.3, -0.25) is 4.79 Å². The maximum atomic E-state index is 12.9. The monoisotopic (exact) mass is 378 g/mol. The molecule has 2 aromatic rings. The molecule has 1 aliphatic carbocycles. The van der Waals surface area contributed by atoms with Crippen LogP contribution < -0.4 is 0 Å². The van der Waals surface area contributed by atoms with Gasteiger partial charge in [0.05, 0.1) is 42.2 Å². The number of fused-ring (bicyclic) bond motifs is 3. The van der Waals surface area contributed by atoms with Crippen LogP contribution >= 0.6 is 0 Å². The van der Waals surface area contributed by atoms with Gasteiger partial charge in [0.25, 0.3) is 0 Å². The van der Waals surface area contributed by atoms with Gasteiger partial charge in [-0.1, -0.05) is 24.4 Å². The van der Waals surface area contributed by atoms with E-state index in [1.54, 1.807) is 0 Å². The molecule has 1 fully saturated rings. The largest absolute Gasteiger partial charge is 0.468 e. The van der Waals surface area contributed by atoms with Crippen molar-refractivity contribution >= 4 is 23.0 Å². The van der Waals surface area contributed by atoms with Crippen LogP contribution in [-0.4, -0.2) is 36.1 Å². The predicted molar refractivity (Wildman–Crippen MR) is 98.8 cm³/mol. The smallest absolute Gasteiger partial charge is 0.337 e. The van der Waals surface area contributed by atoms with Crippen LogP contribution in [0.1, 0.15) is 17.8 Å². The van der Waals surface area contributed by atoms with Crippen molar-refractivity contribution in [3.8, 4) is 0 Å². The minimum absolute atomic E-state index is 0.137. The number of hydrogen-bond acceptors (Lipinski definition) is 7. The summed E-state index contributed by atoms with van der Waals surface area (Å²) in [5.41, 5.74) is 4.33. The molecule has 28 heavy (non-hydrogen) atoms. The molecule has 2 aliphatic rings. The van der Waals surface area contributed by atoms with E-state index >= 15 is 0 Å². The van der Waals surface area contributed by atoms with E-state index < -0.39 is 17.4 Å². The zero-order chi connectivity index (χ0) is 19.9. The number of esters is 2. The van der Waals surface area contributed by atoms with E-state index in [9.17, 15) is 9.59 Å². The summed E-state index contributed by atoms with van der Waals surface area (Å²) in [6.07, 6.45) is 0.499. The van der Waals surface area contributed by atoms with Gasteiger partial charge < -0.3 is 14.2 Å². The molecule has 0 radical (unpaired) electrons. The van der Waals surface area contributed by atoms with Crippen LogP contribution in [0.2, 0.25) is 0 Å². The van der Waals surface area contributed by atoms with Gasteiger partial charge in [-0.25, -0.2) is 14.8 Å². The molecule has 0 saturated carbocycles. The molecule has 2 heterocycles. The molecule has 0 spiro atoms. The number of ether oxygens (including phenoxy) is 3. The summed E-state index contributed by atoms with van der Waals surface area (Å²) >= 11 is 0. The van der Waals surface area contributed by atoms with Crippen LogP contribution in [0.15, 0.2) is 53.7 Å². The fraction of sp³-hybridized carbons (Fsp3) is 0.286. The molecule has 0 amide bonds. The van der Waals surface area contributed by atoms with Crippen molar-refractivity contribution in [2.75, 3.05) is 14.2 Å². The molecule has 1 aromatic heterocycles. The Morgan fingerprint density at radius 2 is 1.79 bits per heavy atom. The first-order chi connectivity index (χ1) is 13.5. The van der Waals surface area contributed by atoms with Crippen molar-refractivity contribution < 1.29 is 23.8 Å². The van der Waals surface area contributed by atoms with E-state index in [1.165, 1.54) is 14.2 Å². The summed E-state index contributed by atoms with van der Waals surface area (Å²) in [5, 5.41) is 0. The zero-order valence-corrected chi connectivity index (χ0v) is 15.6. The second-order valence-electron chi connectivity index (χ2n) is 6.71. The maximum absolute atomic E-state index is 12.9. The molecule has 7 heteroatoms. The summed E-state index contributed by atoms with van der Waals surface area (Å²) in [6.45, 7) is 3.61. The van der Waals surface area contributed by atoms with Crippen LogP contribution in [0.4, 0.5) is 0 Å². The van der Waals surface area contributed by atoms with Gasteiger partial charge >= 0.3 is 11.9 Å². The number of methoxy groups -OCH3 is 2. The first-order valence-corrected chi connectivity index (χ1v) is 8.74. The van der Waals surface area contributed by atoms with Gasteiger partial charge in [0.15, 0.2) is 0 Å². The first-order valence-electron chi connectivity index (χ1n) is 8.74. The first kappa shape index (κ1) is 17.9. The molecular weight excluding hydrogens is 360 g/mol. The lowest BCUT2D eigenvalue weighted by Crippen LogP contribution is -2.35. The van der Waals surface area contributed by atoms with Crippen LogP contribution in [0, 0.1) is 5.41 Å². The normalized spacial score (nSPS) is 20.6. The number of rotatable bonds is 2. The maximum Gasteiger partial charge on any atom is 0.337 e. The summed E-state index contributed by atoms with van der Waals surface area (Å²) in [4.78, 5) is 34.9. The van der Waals surface area contributed by atoms with E-state index in [-0.39, 0.29) is 30.6 Å². The van der Waals surface area contributed by atoms with Crippen molar-refractivity contribution in [1.82, 2.24) is 9.97 Å². The molecular formula is C21H18N2O5. The molecule has 7 nitrogen and oxygen atoms in total. The van der Waals surface area contributed by atoms with Gasteiger partial charge in [-0.05, 0) is 12.1 Å². The average Bonchev–Trinajstić information content (AvgIpc) is 3.04. The van der Waals surface area contributed by atoms with Crippen molar-refractivity contribution in [2.45, 2.75) is 19.3 Å². The topological polar surface area (TPSA) is 87.6 Å². The zero-order valence-electron chi connectivity index (χ0n) is 15.6. The number of allylic oxidation sites excluding steroid dienone is 1. The van der Waals surface area contributed by atoms with Crippen molar-refractivity contribution in [3.05, 3.63) is 65.1 Å². The summed E-state index contributed by atoms with van der Waals surface area (Å²) < 4.78 is 15.9. The second-order valence-corrected chi connectivity index (χ2v) is 6.71. The summed E-state index contributed by atoms with van der Waals surface area (Å²) in [5.74, 6) is -0.520. The molecule has 0 N–H and O–H groups in total. The summed E-state index contributed by atoms with van der Waals surface area (Å²) in [7, 11) is 2.59. The molecule has 1 atom stereocenters. The fourth-order valence-corrected chi connectivity index (χ4v) is 3.81. The third kappa shape index (κ3) is 2.60. The number of carbonyl (C=O) groups excluding carboxylic acids is 2. The highest BCUT2D eigenvalue weighted by Gasteiger charge is 2.55. The Labute approximate surface area is 161 Å². The SMILES string of the molecule is C=C=C1CC2(C(=O)OC)Cc3nc4ccccc4nc3CC(C(=O)OC)=C2O1. The highest BCUT2D eigenvalue weighted by atomic mass is 16.5. The Bertz CT molecular complexity index is 1100. The summed E-state index contributed by atoms with van der Waals surface area (Å²) in [6, 6.07) is 7.45. The third-order valence-corrected chi connectivity index (χ3v) is 5.14. The number of carbonyl (C=O) groups is 2. The molecule has 142 valence electrons. The Hall–Kier alpha value is -3.44. The molecule has 1 aromatic carbocycles. The van der Waals surface area contributed by atoms with Crippen LogP contribution in [-0.2, 0) is 36.6 Å².